The molecular formula is C15H19BrN2. The lowest BCUT2D eigenvalue weighted by atomic mass is 9.72. The molecule has 3 heteroatoms. The van der Waals surface area contributed by atoms with Gasteiger partial charge in [-0.25, -0.2) is 0 Å². The lowest BCUT2D eigenvalue weighted by Gasteiger charge is -2.39. The van der Waals surface area contributed by atoms with Crippen LogP contribution in [0.5, 0.6) is 0 Å². The first-order valence-corrected chi connectivity index (χ1v) is 7.29. The van der Waals surface area contributed by atoms with Gasteiger partial charge >= 0.3 is 0 Å². The van der Waals surface area contributed by atoms with E-state index in [1.54, 1.807) is 0 Å². The number of halogens is 1. The molecule has 3 atom stereocenters. The molecule has 1 N–H and O–H groups in total. The lowest BCUT2D eigenvalue weighted by Crippen LogP contribution is -2.43. The third-order valence-corrected chi connectivity index (χ3v) is 4.82. The standard InChI is InChI=1S/C15H19BrN2/c1-11-7-8-15(10-17,9-12(11)2)18-14-6-4-3-5-13(14)16/h3-6,11-12,18H,7-9H2,1-2H3. The van der Waals surface area contributed by atoms with Gasteiger partial charge in [-0.3, -0.25) is 0 Å². The van der Waals surface area contributed by atoms with E-state index in [-0.39, 0.29) is 0 Å². The van der Waals surface area contributed by atoms with Gasteiger partial charge in [-0.15, -0.1) is 0 Å². The van der Waals surface area contributed by atoms with Crippen LogP contribution in [-0.2, 0) is 0 Å². The average Bonchev–Trinajstić information content (AvgIpc) is 2.37. The molecular weight excluding hydrogens is 288 g/mol. The second kappa shape index (κ2) is 5.32. The highest BCUT2D eigenvalue weighted by Gasteiger charge is 2.38. The predicted octanol–water partition coefficient (Wildman–Crippen LogP) is 4.58. The Hall–Kier alpha value is -1.01. The van der Waals surface area contributed by atoms with Gasteiger partial charge in [-0.05, 0) is 59.2 Å². The molecule has 2 rings (SSSR count). The van der Waals surface area contributed by atoms with Gasteiger partial charge in [0.1, 0.15) is 5.54 Å². The zero-order valence-corrected chi connectivity index (χ0v) is 12.5. The van der Waals surface area contributed by atoms with E-state index in [1.165, 1.54) is 0 Å². The van der Waals surface area contributed by atoms with Gasteiger partial charge in [0, 0.05) is 10.2 Å². The number of hydrogen-bond acceptors (Lipinski definition) is 2. The first-order valence-electron chi connectivity index (χ1n) is 6.50. The maximum atomic E-state index is 9.57. The summed E-state index contributed by atoms with van der Waals surface area (Å²) in [6.45, 7) is 4.53. The van der Waals surface area contributed by atoms with Gasteiger partial charge in [-0.2, -0.15) is 5.26 Å². The first-order chi connectivity index (χ1) is 8.56. The summed E-state index contributed by atoms with van der Waals surface area (Å²) in [7, 11) is 0. The van der Waals surface area contributed by atoms with E-state index >= 15 is 0 Å². The van der Waals surface area contributed by atoms with Crippen molar-refractivity contribution in [2.75, 3.05) is 5.32 Å². The summed E-state index contributed by atoms with van der Waals surface area (Å²) in [5.41, 5.74) is 0.608. The van der Waals surface area contributed by atoms with E-state index in [1.807, 2.05) is 24.3 Å². The van der Waals surface area contributed by atoms with E-state index in [0.29, 0.717) is 11.8 Å². The monoisotopic (exact) mass is 306 g/mol. The highest BCUT2D eigenvalue weighted by Crippen LogP contribution is 2.39. The molecule has 3 unspecified atom stereocenters. The highest BCUT2D eigenvalue weighted by atomic mass is 79.9. The summed E-state index contributed by atoms with van der Waals surface area (Å²) in [6.07, 6.45) is 2.97. The Bertz CT molecular complexity index is 466. The largest absolute Gasteiger partial charge is 0.366 e. The van der Waals surface area contributed by atoms with Gasteiger partial charge in [-0.1, -0.05) is 26.0 Å². The van der Waals surface area contributed by atoms with E-state index in [4.69, 9.17) is 0 Å². The third-order valence-electron chi connectivity index (χ3n) is 4.13. The number of nitriles is 1. The first kappa shape index (κ1) is 13.4. The van der Waals surface area contributed by atoms with E-state index < -0.39 is 5.54 Å². The van der Waals surface area contributed by atoms with Crippen LogP contribution >= 0.6 is 15.9 Å². The van der Waals surface area contributed by atoms with Crippen LogP contribution in [0.1, 0.15) is 33.1 Å². The van der Waals surface area contributed by atoms with Crippen molar-refractivity contribution in [3.8, 4) is 6.07 Å². The molecule has 1 aliphatic carbocycles. The Morgan fingerprint density at radius 3 is 2.67 bits per heavy atom. The van der Waals surface area contributed by atoms with E-state index in [9.17, 15) is 5.26 Å². The van der Waals surface area contributed by atoms with E-state index in [0.717, 1.165) is 29.4 Å². The molecule has 1 saturated carbocycles. The van der Waals surface area contributed by atoms with Gasteiger partial charge < -0.3 is 5.32 Å². The lowest BCUT2D eigenvalue weighted by molar-refractivity contribution is 0.226. The summed E-state index contributed by atoms with van der Waals surface area (Å²) in [6, 6.07) is 10.5. The van der Waals surface area contributed by atoms with Crippen LogP contribution in [0.4, 0.5) is 5.69 Å². The molecule has 1 aromatic carbocycles. The number of nitrogens with one attached hydrogen (secondary N) is 1. The minimum absolute atomic E-state index is 0.407. The van der Waals surface area contributed by atoms with E-state index in [2.05, 4.69) is 41.2 Å². The molecule has 0 heterocycles. The molecule has 0 spiro atoms. The smallest absolute Gasteiger partial charge is 0.125 e. The zero-order chi connectivity index (χ0) is 13.2. The van der Waals surface area contributed by atoms with Crippen LogP contribution in [0.2, 0.25) is 0 Å². The number of para-hydroxylation sites is 1. The Kier molecular flexibility index (Phi) is 3.97. The zero-order valence-electron chi connectivity index (χ0n) is 10.9. The molecule has 0 radical (unpaired) electrons. The fourth-order valence-electron chi connectivity index (χ4n) is 2.67. The predicted molar refractivity (Wildman–Crippen MR) is 78.3 cm³/mol. The van der Waals surface area contributed by atoms with Crippen molar-refractivity contribution in [1.29, 1.82) is 5.26 Å². The van der Waals surface area contributed by atoms with Crippen molar-refractivity contribution in [2.24, 2.45) is 11.8 Å². The van der Waals surface area contributed by atoms with Crippen LogP contribution in [0.25, 0.3) is 0 Å². The van der Waals surface area contributed by atoms with Crippen molar-refractivity contribution in [2.45, 2.75) is 38.6 Å². The molecule has 1 fully saturated rings. The summed E-state index contributed by atoms with van der Waals surface area (Å²) < 4.78 is 1.02. The van der Waals surface area contributed by atoms with Gasteiger partial charge in [0.2, 0.25) is 0 Å². The fourth-order valence-corrected chi connectivity index (χ4v) is 3.06. The number of benzene rings is 1. The molecule has 18 heavy (non-hydrogen) atoms. The summed E-state index contributed by atoms with van der Waals surface area (Å²) in [5.74, 6) is 1.31. The normalized spacial score (nSPS) is 31.7. The molecule has 96 valence electrons. The van der Waals surface area contributed by atoms with Crippen LogP contribution < -0.4 is 5.32 Å². The van der Waals surface area contributed by atoms with Crippen LogP contribution in [0.3, 0.4) is 0 Å². The molecule has 1 aliphatic rings. The second-order valence-electron chi connectivity index (χ2n) is 5.50. The number of anilines is 1. The molecule has 0 aromatic heterocycles. The molecule has 2 nitrogen and oxygen atoms in total. The molecule has 0 bridgehead atoms. The minimum Gasteiger partial charge on any atom is -0.366 e. The van der Waals surface area contributed by atoms with Gasteiger partial charge in [0.05, 0.1) is 6.07 Å². The average molecular weight is 307 g/mol. The van der Waals surface area contributed by atoms with Crippen molar-refractivity contribution < 1.29 is 0 Å². The van der Waals surface area contributed by atoms with Crippen molar-refractivity contribution >= 4 is 21.6 Å². The summed E-state index contributed by atoms with van der Waals surface area (Å²) in [5, 5.41) is 13.0. The Balaban J connectivity index is 2.20. The quantitative estimate of drug-likeness (QED) is 0.868. The van der Waals surface area contributed by atoms with Gasteiger partial charge in [0.15, 0.2) is 0 Å². The molecule has 0 aliphatic heterocycles. The topological polar surface area (TPSA) is 35.8 Å². The van der Waals surface area contributed by atoms with Gasteiger partial charge in [0.25, 0.3) is 0 Å². The van der Waals surface area contributed by atoms with Crippen molar-refractivity contribution in [1.82, 2.24) is 0 Å². The highest BCUT2D eigenvalue weighted by molar-refractivity contribution is 9.10. The van der Waals surface area contributed by atoms with Crippen LogP contribution in [-0.4, -0.2) is 5.54 Å². The number of rotatable bonds is 2. The minimum atomic E-state index is -0.407. The fraction of sp³-hybridized carbons (Fsp3) is 0.533. The molecule has 0 amide bonds. The Morgan fingerprint density at radius 2 is 2.06 bits per heavy atom. The van der Waals surface area contributed by atoms with Crippen LogP contribution in [0.15, 0.2) is 28.7 Å². The third kappa shape index (κ3) is 2.70. The maximum Gasteiger partial charge on any atom is 0.125 e. The maximum absolute atomic E-state index is 9.57. The summed E-state index contributed by atoms with van der Waals surface area (Å²) >= 11 is 3.53. The van der Waals surface area contributed by atoms with Crippen LogP contribution in [0, 0.1) is 23.2 Å². The molecule has 0 saturated heterocycles. The number of hydrogen-bond donors (Lipinski definition) is 1. The van der Waals surface area contributed by atoms with Crippen molar-refractivity contribution in [3.63, 3.8) is 0 Å². The summed E-state index contributed by atoms with van der Waals surface area (Å²) in [4.78, 5) is 0. The number of nitrogens with zero attached hydrogens (tertiary/aromatic N) is 1. The Morgan fingerprint density at radius 1 is 1.33 bits per heavy atom. The second-order valence-corrected chi connectivity index (χ2v) is 6.35. The molecule has 1 aromatic rings. The Labute approximate surface area is 118 Å². The SMILES string of the molecule is CC1CCC(C#N)(Nc2ccccc2Br)CC1C. The van der Waals surface area contributed by atoms with Crippen molar-refractivity contribution in [3.05, 3.63) is 28.7 Å².